The van der Waals surface area contributed by atoms with Crippen molar-refractivity contribution in [1.29, 1.82) is 0 Å². The summed E-state index contributed by atoms with van der Waals surface area (Å²) in [5, 5.41) is 12.1. The first-order valence-electron chi connectivity index (χ1n) is 5.23. The van der Waals surface area contributed by atoms with E-state index in [1.165, 1.54) is 6.07 Å². The standard InChI is InChI=1S/C12H18FNO/c1-9(14-10(2)8-15)7-11-5-3-4-6-12(11)13/h3-6,9-10,14-15H,7-8H2,1-2H3/t9?,10-/m1/s1. The van der Waals surface area contributed by atoms with Gasteiger partial charge >= 0.3 is 0 Å². The fraction of sp³-hybridized carbons (Fsp3) is 0.500. The Balaban J connectivity index is 2.51. The van der Waals surface area contributed by atoms with Crippen LogP contribution < -0.4 is 5.32 Å². The highest BCUT2D eigenvalue weighted by molar-refractivity contribution is 5.18. The van der Waals surface area contributed by atoms with Gasteiger partial charge in [-0.15, -0.1) is 0 Å². The highest BCUT2D eigenvalue weighted by Gasteiger charge is 2.09. The zero-order chi connectivity index (χ0) is 11.3. The molecule has 0 aliphatic heterocycles. The molecule has 1 aromatic rings. The van der Waals surface area contributed by atoms with Gasteiger partial charge in [-0.2, -0.15) is 0 Å². The molecule has 3 heteroatoms. The number of rotatable bonds is 5. The van der Waals surface area contributed by atoms with Crippen LogP contribution in [0.25, 0.3) is 0 Å². The van der Waals surface area contributed by atoms with Crippen LogP contribution in [0.2, 0.25) is 0 Å². The second-order valence-corrected chi connectivity index (χ2v) is 3.95. The molecular formula is C12H18FNO. The van der Waals surface area contributed by atoms with Gasteiger partial charge in [0.25, 0.3) is 0 Å². The van der Waals surface area contributed by atoms with Crippen molar-refractivity contribution >= 4 is 0 Å². The topological polar surface area (TPSA) is 32.3 Å². The summed E-state index contributed by atoms with van der Waals surface area (Å²) in [5.74, 6) is -0.164. The van der Waals surface area contributed by atoms with Gasteiger partial charge in [0, 0.05) is 12.1 Å². The van der Waals surface area contributed by atoms with Crippen LogP contribution in [0.5, 0.6) is 0 Å². The van der Waals surface area contributed by atoms with Crippen LogP contribution in [-0.2, 0) is 6.42 Å². The van der Waals surface area contributed by atoms with E-state index in [0.29, 0.717) is 12.0 Å². The molecule has 0 aliphatic rings. The van der Waals surface area contributed by atoms with Gasteiger partial charge in [0.05, 0.1) is 6.61 Å². The molecule has 2 atom stereocenters. The first kappa shape index (κ1) is 12.1. The van der Waals surface area contributed by atoms with Crippen LogP contribution in [0.3, 0.4) is 0 Å². The minimum atomic E-state index is -0.164. The van der Waals surface area contributed by atoms with E-state index in [2.05, 4.69) is 5.32 Å². The van der Waals surface area contributed by atoms with Crippen molar-refractivity contribution in [3.8, 4) is 0 Å². The van der Waals surface area contributed by atoms with E-state index < -0.39 is 0 Å². The average molecular weight is 211 g/mol. The Labute approximate surface area is 90.1 Å². The maximum atomic E-state index is 13.3. The van der Waals surface area contributed by atoms with Gasteiger partial charge in [-0.3, -0.25) is 0 Å². The molecule has 0 fully saturated rings. The molecule has 2 N–H and O–H groups in total. The third-order valence-electron chi connectivity index (χ3n) is 2.33. The highest BCUT2D eigenvalue weighted by Crippen LogP contribution is 2.09. The second kappa shape index (κ2) is 5.83. The first-order valence-corrected chi connectivity index (χ1v) is 5.23. The summed E-state index contributed by atoms with van der Waals surface area (Å²) in [6.45, 7) is 3.98. The number of hydrogen-bond donors (Lipinski definition) is 2. The van der Waals surface area contributed by atoms with Gasteiger partial charge < -0.3 is 10.4 Å². The Kier molecular flexibility index (Phi) is 4.72. The van der Waals surface area contributed by atoms with Crippen molar-refractivity contribution in [3.05, 3.63) is 35.6 Å². The highest BCUT2D eigenvalue weighted by atomic mass is 19.1. The molecule has 84 valence electrons. The molecular weight excluding hydrogens is 193 g/mol. The Morgan fingerprint density at radius 2 is 1.93 bits per heavy atom. The van der Waals surface area contributed by atoms with Gasteiger partial charge in [0.15, 0.2) is 0 Å². The van der Waals surface area contributed by atoms with E-state index in [4.69, 9.17) is 5.11 Å². The summed E-state index contributed by atoms with van der Waals surface area (Å²) >= 11 is 0. The molecule has 0 aliphatic carbocycles. The normalized spacial score (nSPS) is 14.9. The van der Waals surface area contributed by atoms with Crippen molar-refractivity contribution in [2.75, 3.05) is 6.61 Å². The Bertz CT molecular complexity index is 303. The number of halogens is 1. The molecule has 0 spiro atoms. The van der Waals surface area contributed by atoms with Gasteiger partial charge in [-0.25, -0.2) is 4.39 Å². The maximum Gasteiger partial charge on any atom is 0.126 e. The average Bonchev–Trinajstić information content (AvgIpc) is 2.21. The Morgan fingerprint density at radius 1 is 1.27 bits per heavy atom. The van der Waals surface area contributed by atoms with Gasteiger partial charge in [0.1, 0.15) is 5.82 Å². The van der Waals surface area contributed by atoms with E-state index in [9.17, 15) is 4.39 Å². The minimum Gasteiger partial charge on any atom is -0.395 e. The fourth-order valence-corrected chi connectivity index (χ4v) is 1.59. The fourth-order valence-electron chi connectivity index (χ4n) is 1.59. The lowest BCUT2D eigenvalue weighted by Gasteiger charge is -2.18. The number of benzene rings is 1. The summed E-state index contributed by atoms with van der Waals surface area (Å²) in [4.78, 5) is 0. The van der Waals surface area contributed by atoms with Crippen molar-refractivity contribution in [3.63, 3.8) is 0 Å². The monoisotopic (exact) mass is 211 g/mol. The molecule has 0 heterocycles. The van der Waals surface area contributed by atoms with E-state index in [-0.39, 0.29) is 24.5 Å². The lowest BCUT2D eigenvalue weighted by molar-refractivity contribution is 0.242. The summed E-state index contributed by atoms with van der Waals surface area (Å²) < 4.78 is 13.3. The molecule has 15 heavy (non-hydrogen) atoms. The number of hydrogen-bond acceptors (Lipinski definition) is 2. The molecule has 0 saturated carbocycles. The van der Waals surface area contributed by atoms with E-state index in [1.54, 1.807) is 12.1 Å². The van der Waals surface area contributed by atoms with Crippen LogP contribution in [0.1, 0.15) is 19.4 Å². The zero-order valence-corrected chi connectivity index (χ0v) is 9.20. The lowest BCUT2D eigenvalue weighted by atomic mass is 10.1. The van der Waals surface area contributed by atoms with Gasteiger partial charge in [-0.1, -0.05) is 18.2 Å². The zero-order valence-electron chi connectivity index (χ0n) is 9.20. The van der Waals surface area contributed by atoms with Gasteiger partial charge in [-0.05, 0) is 31.9 Å². The summed E-state index contributed by atoms with van der Waals surface area (Å²) in [5.41, 5.74) is 0.711. The largest absolute Gasteiger partial charge is 0.395 e. The molecule has 1 unspecified atom stereocenters. The molecule has 1 rings (SSSR count). The Morgan fingerprint density at radius 3 is 2.53 bits per heavy atom. The minimum absolute atomic E-state index is 0.0479. The lowest BCUT2D eigenvalue weighted by Crippen LogP contribution is -2.38. The molecule has 0 bridgehead atoms. The van der Waals surface area contributed by atoms with Crippen LogP contribution in [0.15, 0.2) is 24.3 Å². The molecule has 0 aromatic heterocycles. The van der Waals surface area contributed by atoms with Crippen molar-refractivity contribution in [2.24, 2.45) is 0 Å². The van der Waals surface area contributed by atoms with E-state index in [1.807, 2.05) is 19.9 Å². The van der Waals surface area contributed by atoms with Crippen LogP contribution in [0, 0.1) is 5.82 Å². The van der Waals surface area contributed by atoms with Crippen LogP contribution in [0.4, 0.5) is 4.39 Å². The van der Waals surface area contributed by atoms with E-state index >= 15 is 0 Å². The van der Waals surface area contributed by atoms with Crippen molar-refractivity contribution in [2.45, 2.75) is 32.4 Å². The summed E-state index contributed by atoms with van der Waals surface area (Å²) in [7, 11) is 0. The molecule has 0 amide bonds. The predicted molar refractivity (Wildman–Crippen MR) is 59.2 cm³/mol. The van der Waals surface area contributed by atoms with Gasteiger partial charge in [0.2, 0.25) is 0 Å². The smallest absolute Gasteiger partial charge is 0.126 e. The SMILES string of the molecule is CC(Cc1ccccc1F)N[C@H](C)CO. The van der Waals surface area contributed by atoms with Crippen molar-refractivity contribution in [1.82, 2.24) is 5.32 Å². The summed E-state index contributed by atoms with van der Waals surface area (Å²) in [6, 6.07) is 6.98. The third kappa shape index (κ3) is 3.98. The third-order valence-corrected chi connectivity index (χ3v) is 2.33. The number of nitrogens with one attached hydrogen (secondary N) is 1. The van der Waals surface area contributed by atoms with Crippen molar-refractivity contribution < 1.29 is 9.50 Å². The Hall–Kier alpha value is -0.930. The first-order chi connectivity index (χ1) is 7.13. The summed E-state index contributed by atoms with van der Waals surface area (Å²) in [6.07, 6.45) is 0.636. The second-order valence-electron chi connectivity index (χ2n) is 3.95. The predicted octanol–water partition coefficient (Wildman–Crippen LogP) is 1.73. The van der Waals surface area contributed by atoms with Crippen LogP contribution >= 0.6 is 0 Å². The molecule has 0 saturated heterocycles. The number of aliphatic hydroxyl groups excluding tert-OH is 1. The molecule has 1 aromatic carbocycles. The maximum absolute atomic E-state index is 13.3. The molecule has 0 radical (unpaired) electrons. The quantitative estimate of drug-likeness (QED) is 0.777. The molecule has 2 nitrogen and oxygen atoms in total. The van der Waals surface area contributed by atoms with E-state index in [0.717, 1.165) is 0 Å². The number of aliphatic hydroxyl groups is 1. The van der Waals surface area contributed by atoms with Crippen LogP contribution in [-0.4, -0.2) is 23.8 Å².